The van der Waals surface area contributed by atoms with Crippen molar-refractivity contribution in [1.29, 1.82) is 0 Å². The van der Waals surface area contributed by atoms with E-state index in [0.717, 1.165) is 12.1 Å². The van der Waals surface area contributed by atoms with Gasteiger partial charge in [-0.05, 0) is 48.5 Å². The number of ether oxygens (including phenoxy) is 1. The number of carbonyl (C=O) groups excluding carboxylic acids is 1. The molecule has 1 heterocycles. The van der Waals surface area contributed by atoms with E-state index < -0.39 is 11.6 Å². The van der Waals surface area contributed by atoms with Crippen LogP contribution in [0.4, 0.5) is 25.8 Å². The molecule has 3 rings (SSSR count). The van der Waals surface area contributed by atoms with Crippen LogP contribution in [0.2, 0.25) is 0 Å². The Morgan fingerprint density at radius 2 is 1.62 bits per heavy atom. The molecule has 2 N–H and O–H groups in total. The maximum atomic E-state index is 13.2. The lowest BCUT2D eigenvalue weighted by Gasteiger charge is -2.08. The zero-order valence-electron chi connectivity index (χ0n) is 13.8. The fraction of sp³-hybridized carbons (Fsp3) is 0.0526. The third kappa shape index (κ3) is 4.13. The molecule has 5 nitrogen and oxygen atoms in total. The summed E-state index contributed by atoms with van der Waals surface area (Å²) in [5.74, 6) is -1.54. The normalized spacial score (nSPS) is 10.3. The molecular formula is C19H15F2N3O2. The Bertz CT molecular complexity index is 913. The monoisotopic (exact) mass is 355 g/mol. The number of nitrogens with one attached hydrogen (secondary N) is 2. The number of aromatic nitrogens is 1. The lowest BCUT2D eigenvalue weighted by molar-refractivity contribution is 0.102. The predicted octanol–water partition coefficient (Wildman–Crippen LogP) is 4.36. The number of anilines is 3. The number of amides is 1. The minimum Gasteiger partial charge on any atom is -0.497 e. The largest absolute Gasteiger partial charge is 0.497 e. The number of nitrogens with zero attached hydrogens (tertiary/aromatic N) is 1. The van der Waals surface area contributed by atoms with Crippen LogP contribution in [0, 0.1) is 11.6 Å². The van der Waals surface area contributed by atoms with Gasteiger partial charge in [-0.3, -0.25) is 4.79 Å². The second-order valence-corrected chi connectivity index (χ2v) is 5.37. The van der Waals surface area contributed by atoms with E-state index in [4.69, 9.17) is 4.74 Å². The number of hydrogen-bond donors (Lipinski definition) is 2. The van der Waals surface area contributed by atoms with Crippen LogP contribution in [0.3, 0.4) is 0 Å². The molecule has 0 aliphatic carbocycles. The van der Waals surface area contributed by atoms with Crippen molar-refractivity contribution in [2.24, 2.45) is 0 Å². The van der Waals surface area contributed by atoms with Gasteiger partial charge in [-0.2, -0.15) is 0 Å². The first kappa shape index (κ1) is 17.3. The van der Waals surface area contributed by atoms with E-state index in [1.807, 2.05) is 0 Å². The van der Waals surface area contributed by atoms with Crippen LogP contribution in [-0.4, -0.2) is 18.0 Å². The second kappa shape index (κ2) is 7.60. The Hall–Kier alpha value is -3.48. The minimum atomic E-state index is -0.946. The smallest absolute Gasteiger partial charge is 0.274 e. The van der Waals surface area contributed by atoms with Crippen molar-refractivity contribution in [3.63, 3.8) is 0 Å². The summed E-state index contributed by atoms with van der Waals surface area (Å²) in [7, 11) is 1.56. The van der Waals surface area contributed by atoms with E-state index in [9.17, 15) is 13.6 Å². The highest BCUT2D eigenvalue weighted by molar-refractivity contribution is 6.03. The summed E-state index contributed by atoms with van der Waals surface area (Å²) in [6.45, 7) is 0. The summed E-state index contributed by atoms with van der Waals surface area (Å²) >= 11 is 0. The summed E-state index contributed by atoms with van der Waals surface area (Å²) in [5, 5.41) is 5.61. The SMILES string of the molecule is COc1ccc(NC(=O)c2ccc(Nc3ccc(F)c(F)c3)cn2)cc1. The summed E-state index contributed by atoms with van der Waals surface area (Å²) in [6.07, 6.45) is 1.43. The molecule has 26 heavy (non-hydrogen) atoms. The topological polar surface area (TPSA) is 63.2 Å². The lowest BCUT2D eigenvalue weighted by atomic mass is 10.2. The van der Waals surface area contributed by atoms with Crippen molar-refractivity contribution in [3.8, 4) is 5.75 Å². The van der Waals surface area contributed by atoms with Crippen LogP contribution in [0.15, 0.2) is 60.8 Å². The fourth-order valence-corrected chi connectivity index (χ4v) is 2.21. The number of rotatable bonds is 5. The summed E-state index contributed by atoms with van der Waals surface area (Å²) < 4.78 is 31.2. The van der Waals surface area contributed by atoms with E-state index in [1.165, 1.54) is 18.3 Å². The van der Waals surface area contributed by atoms with Crippen LogP contribution in [0.1, 0.15) is 10.5 Å². The molecule has 0 radical (unpaired) electrons. The molecule has 3 aromatic rings. The van der Waals surface area contributed by atoms with E-state index in [1.54, 1.807) is 37.4 Å². The van der Waals surface area contributed by atoms with Crippen LogP contribution >= 0.6 is 0 Å². The van der Waals surface area contributed by atoms with Gasteiger partial charge in [0.15, 0.2) is 11.6 Å². The maximum Gasteiger partial charge on any atom is 0.274 e. The van der Waals surface area contributed by atoms with Gasteiger partial charge in [0, 0.05) is 17.4 Å². The maximum absolute atomic E-state index is 13.2. The lowest BCUT2D eigenvalue weighted by Crippen LogP contribution is -2.13. The number of methoxy groups -OCH3 is 1. The summed E-state index contributed by atoms with van der Waals surface area (Å²) in [5.41, 5.74) is 1.75. The summed E-state index contributed by atoms with van der Waals surface area (Å²) in [4.78, 5) is 16.3. The number of halogens is 2. The predicted molar refractivity (Wildman–Crippen MR) is 94.8 cm³/mol. The molecule has 0 saturated heterocycles. The van der Waals surface area contributed by atoms with E-state index in [0.29, 0.717) is 22.8 Å². The number of hydrogen-bond acceptors (Lipinski definition) is 4. The van der Waals surface area contributed by atoms with E-state index >= 15 is 0 Å². The molecule has 0 bridgehead atoms. The molecular weight excluding hydrogens is 340 g/mol. The molecule has 0 saturated carbocycles. The fourth-order valence-electron chi connectivity index (χ4n) is 2.21. The molecule has 0 unspecified atom stereocenters. The number of benzene rings is 2. The van der Waals surface area contributed by atoms with Gasteiger partial charge in [0.05, 0.1) is 19.0 Å². The number of pyridine rings is 1. The van der Waals surface area contributed by atoms with Crippen LogP contribution in [0.5, 0.6) is 5.75 Å². The Labute approximate surface area is 148 Å². The van der Waals surface area contributed by atoms with E-state index in [2.05, 4.69) is 15.6 Å². The first-order chi connectivity index (χ1) is 12.5. The summed E-state index contributed by atoms with van der Waals surface area (Å²) in [6, 6.07) is 13.5. The highest BCUT2D eigenvalue weighted by Gasteiger charge is 2.08. The number of carbonyl (C=O) groups is 1. The zero-order chi connectivity index (χ0) is 18.5. The van der Waals surface area contributed by atoms with Crippen molar-refractivity contribution in [2.45, 2.75) is 0 Å². The molecule has 0 aliphatic rings. The zero-order valence-corrected chi connectivity index (χ0v) is 13.8. The standard InChI is InChI=1S/C19H15F2N3O2/c1-26-15-6-2-12(3-7-15)24-19(25)18-9-5-14(11-22-18)23-13-4-8-16(20)17(21)10-13/h2-11,23H,1H3,(H,24,25). The Morgan fingerprint density at radius 3 is 2.23 bits per heavy atom. The average Bonchev–Trinajstić information content (AvgIpc) is 2.66. The molecule has 0 aliphatic heterocycles. The third-order valence-electron chi connectivity index (χ3n) is 3.55. The van der Waals surface area contributed by atoms with Gasteiger partial charge in [-0.15, -0.1) is 0 Å². The van der Waals surface area contributed by atoms with Crippen LogP contribution in [-0.2, 0) is 0 Å². The third-order valence-corrected chi connectivity index (χ3v) is 3.55. The molecule has 1 aromatic heterocycles. The van der Waals surface area contributed by atoms with Gasteiger partial charge < -0.3 is 15.4 Å². The van der Waals surface area contributed by atoms with Gasteiger partial charge in [0.25, 0.3) is 5.91 Å². The highest BCUT2D eigenvalue weighted by atomic mass is 19.2. The van der Waals surface area contributed by atoms with Gasteiger partial charge in [0.2, 0.25) is 0 Å². The average molecular weight is 355 g/mol. The van der Waals surface area contributed by atoms with Crippen molar-refractivity contribution in [1.82, 2.24) is 4.98 Å². The van der Waals surface area contributed by atoms with Gasteiger partial charge >= 0.3 is 0 Å². The van der Waals surface area contributed by atoms with Crippen LogP contribution in [0.25, 0.3) is 0 Å². The quantitative estimate of drug-likeness (QED) is 0.714. The Kier molecular flexibility index (Phi) is 5.07. The highest BCUT2D eigenvalue weighted by Crippen LogP contribution is 2.19. The van der Waals surface area contributed by atoms with Gasteiger partial charge in [-0.1, -0.05) is 0 Å². The molecule has 132 valence electrons. The van der Waals surface area contributed by atoms with Gasteiger partial charge in [0.1, 0.15) is 11.4 Å². The first-order valence-electron chi connectivity index (χ1n) is 7.69. The van der Waals surface area contributed by atoms with Crippen molar-refractivity contribution in [3.05, 3.63) is 78.1 Å². The molecule has 2 aromatic carbocycles. The molecule has 0 spiro atoms. The first-order valence-corrected chi connectivity index (χ1v) is 7.69. The molecule has 7 heteroatoms. The van der Waals surface area contributed by atoms with E-state index in [-0.39, 0.29) is 11.6 Å². The Morgan fingerprint density at radius 1 is 0.923 bits per heavy atom. The molecule has 0 atom stereocenters. The van der Waals surface area contributed by atoms with Gasteiger partial charge in [-0.25, -0.2) is 13.8 Å². The Balaban J connectivity index is 1.66. The van der Waals surface area contributed by atoms with Crippen LogP contribution < -0.4 is 15.4 Å². The van der Waals surface area contributed by atoms with Crippen molar-refractivity contribution in [2.75, 3.05) is 17.7 Å². The molecule has 0 fully saturated rings. The van der Waals surface area contributed by atoms with Crippen molar-refractivity contribution >= 4 is 23.0 Å². The minimum absolute atomic E-state index is 0.219. The van der Waals surface area contributed by atoms with Crippen molar-refractivity contribution < 1.29 is 18.3 Å². The second-order valence-electron chi connectivity index (χ2n) is 5.37. The molecule has 1 amide bonds.